The smallest absolute Gasteiger partial charge is 0.230 e. The first-order valence-electron chi connectivity index (χ1n) is 11.5. The van der Waals surface area contributed by atoms with E-state index in [-0.39, 0.29) is 11.3 Å². The molecule has 1 aliphatic carbocycles. The molecule has 0 spiro atoms. The number of nitrogens with one attached hydrogen (secondary N) is 2. The number of hydrogen-bond donors (Lipinski definition) is 2. The van der Waals surface area contributed by atoms with Crippen LogP contribution in [-0.2, 0) is 9.53 Å². The van der Waals surface area contributed by atoms with Gasteiger partial charge in [0.2, 0.25) is 5.91 Å². The summed E-state index contributed by atoms with van der Waals surface area (Å²) in [5.41, 5.74) is -0.314. The van der Waals surface area contributed by atoms with E-state index in [0.717, 1.165) is 77.3 Å². The van der Waals surface area contributed by atoms with Gasteiger partial charge < -0.3 is 25.2 Å². The Morgan fingerprint density at radius 2 is 1.90 bits per heavy atom. The lowest BCUT2D eigenvalue weighted by molar-refractivity contribution is -0.138. The van der Waals surface area contributed by atoms with Crippen molar-refractivity contribution in [1.82, 2.24) is 20.4 Å². The highest BCUT2D eigenvalue weighted by molar-refractivity contribution is 5.84. The maximum absolute atomic E-state index is 12.8. The van der Waals surface area contributed by atoms with E-state index in [0.29, 0.717) is 18.7 Å². The summed E-state index contributed by atoms with van der Waals surface area (Å²) in [6.07, 6.45) is 6.65. The first-order chi connectivity index (χ1) is 13.9. The first-order valence-corrected chi connectivity index (χ1v) is 11.5. The zero-order valence-electron chi connectivity index (χ0n) is 19.3. The summed E-state index contributed by atoms with van der Waals surface area (Å²) in [4.78, 5) is 21.9. The van der Waals surface area contributed by atoms with Crippen molar-refractivity contribution in [1.29, 1.82) is 0 Å². The third-order valence-electron chi connectivity index (χ3n) is 6.09. The number of guanidine groups is 1. The molecular formula is C22H43N5O2. The molecule has 0 unspecified atom stereocenters. The maximum Gasteiger partial charge on any atom is 0.230 e. The average molecular weight is 410 g/mol. The molecular weight excluding hydrogens is 366 g/mol. The van der Waals surface area contributed by atoms with E-state index in [1.54, 1.807) is 4.90 Å². The summed E-state index contributed by atoms with van der Waals surface area (Å²) >= 11 is 0. The monoisotopic (exact) mass is 409 g/mol. The second-order valence-electron chi connectivity index (χ2n) is 9.06. The van der Waals surface area contributed by atoms with Crippen molar-refractivity contribution in [3.05, 3.63) is 0 Å². The molecule has 0 atom stereocenters. The van der Waals surface area contributed by atoms with Crippen LogP contribution >= 0.6 is 0 Å². The van der Waals surface area contributed by atoms with Crippen LogP contribution in [0.3, 0.4) is 0 Å². The van der Waals surface area contributed by atoms with Crippen molar-refractivity contribution < 1.29 is 9.53 Å². The topological polar surface area (TPSA) is 69.2 Å². The summed E-state index contributed by atoms with van der Waals surface area (Å²) in [6.45, 7) is 11.6. The zero-order valence-corrected chi connectivity index (χ0v) is 19.3. The van der Waals surface area contributed by atoms with E-state index in [2.05, 4.69) is 36.3 Å². The fraction of sp³-hybridized carbons (Fsp3) is 0.909. The Kier molecular flexibility index (Phi) is 9.69. The standard InChI is InChI=1S/C22H43N5O2/c1-6-23-21(24-17-22(11-7-8-12-22)20(28)26(4)5)25-19-9-13-27(14-10-19)15-16-29-18(2)3/h18-19H,6-17H2,1-5H3,(H2,23,24,25). The number of rotatable bonds is 9. The van der Waals surface area contributed by atoms with Gasteiger partial charge in [0.05, 0.1) is 24.7 Å². The Bertz CT molecular complexity index is 521. The highest BCUT2D eigenvalue weighted by Crippen LogP contribution is 2.39. The minimum Gasteiger partial charge on any atom is -0.377 e. The molecule has 29 heavy (non-hydrogen) atoms. The molecule has 1 saturated carbocycles. The van der Waals surface area contributed by atoms with E-state index in [9.17, 15) is 4.79 Å². The molecule has 1 amide bonds. The number of ether oxygens (including phenoxy) is 1. The molecule has 7 nitrogen and oxygen atoms in total. The van der Waals surface area contributed by atoms with Crippen molar-refractivity contribution in [2.45, 2.75) is 71.4 Å². The predicted molar refractivity (Wildman–Crippen MR) is 119 cm³/mol. The minimum absolute atomic E-state index is 0.228. The Labute approximate surface area is 177 Å². The van der Waals surface area contributed by atoms with E-state index >= 15 is 0 Å². The molecule has 2 fully saturated rings. The Hall–Kier alpha value is -1.34. The van der Waals surface area contributed by atoms with Gasteiger partial charge in [0.15, 0.2) is 5.96 Å². The third kappa shape index (κ3) is 7.45. The van der Waals surface area contributed by atoms with Crippen molar-refractivity contribution >= 4 is 11.9 Å². The Morgan fingerprint density at radius 3 is 2.45 bits per heavy atom. The fourth-order valence-electron chi connectivity index (χ4n) is 4.43. The van der Waals surface area contributed by atoms with Crippen LogP contribution in [-0.4, -0.2) is 87.2 Å². The van der Waals surface area contributed by atoms with E-state index in [1.165, 1.54) is 0 Å². The van der Waals surface area contributed by atoms with Gasteiger partial charge in [-0.15, -0.1) is 0 Å². The highest BCUT2D eigenvalue weighted by atomic mass is 16.5. The lowest BCUT2D eigenvalue weighted by Gasteiger charge is -2.33. The summed E-state index contributed by atoms with van der Waals surface area (Å²) in [5, 5.41) is 6.99. The number of carbonyl (C=O) groups excluding carboxylic acids is 1. The van der Waals surface area contributed by atoms with Gasteiger partial charge in [-0.25, -0.2) is 0 Å². The molecule has 0 aromatic carbocycles. The van der Waals surface area contributed by atoms with Crippen molar-refractivity contribution in [3.63, 3.8) is 0 Å². The van der Waals surface area contributed by atoms with Crippen LogP contribution < -0.4 is 10.6 Å². The number of piperidine rings is 1. The van der Waals surface area contributed by atoms with Gasteiger partial charge >= 0.3 is 0 Å². The SMILES string of the molecule is CCNC(=NCC1(C(=O)N(C)C)CCCC1)NC1CCN(CCOC(C)C)CC1. The molecule has 0 aromatic rings. The Morgan fingerprint density at radius 1 is 1.24 bits per heavy atom. The zero-order chi connectivity index (χ0) is 21.3. The summed E-state index contributed by atoms with van der Waals surface area (Å²) < 4.78 is 5.68. The number of amides is 1. The molecule has 2 aliphatic rings. The van der Waals surface area contributed by atoms with Gasteiger partial charge in [-0.2, -0.15) is 0 Å². The van der Waals surface area contributed by atoms with Crippen LogP contribution in [0.15, 0.2) is 4.99 Å². The van der Waals surface area contributed by atoms with Crippen LogP contribution in [0.1, 0.15) is 59.3 Å². The van der Waals surface area contributed by atoms with Gasteiger partial charge in [-0.1, -0.05) is 12.8 Å². The van der Waals surface area contributed by atoms with Crippen LogP contribution in [0.4, 0.5) is 0 Å². The third-order valence-corrected chi connectivity index (χ3v) is 6.09. The normalized spacial score (nSPS) is 20.8. The number of aliphatic imine (C=N–C) groups is 1. The van der Waals surface area contributed by atoms with Crippen LogP contribution in [0.2, 0.25) is 0 Å². The van der Waals surface area contributed by atoms with Gasteiger partial charge in [-0.05, 0) is 46.5 Å². The van der Waals surface area contributed by atoms with Gasteiger partial charge in [0, 0.05) is 46.3 Å². The lowest BCUT2D eigenvalue weighted by atomic mass is 9.85. The highest BCUT2D eigenvalue weighted by Gasteiger charge is 2.42. The van der Waals surface area contributed by atoms with Gasteiger partial charge in [0.25, 0.3) is 0 Å². The molecule has 0 aromatic heterocycles. The number of hydrogen-bond acceptors (Lipinski definition) is 4. The summed E-state index contributed by atoms with van der Waals surface area (Å²) in [5.74, 6) is 1.08. The van der Waals surface area contributed by atoms with E-state index in [4.69, 9.17) is 9.73 Å². The quantitative estimate of drug-likeness (QED) is 0.451. The Balaban J connectivity index is 1.87. The van der Waals surface area contributed by atoms with Crippen LogP contribution in [0.5, 0.6) is 0 Å². The fourth-order valence-corrected chi connectivity index (χ4v) is 4.43. The predicted octanol–water partition coefficient (Wildman–Crippen LogP) is 2.08. The summed E-state index contributed by atoms with van der Waals surface area (Å²) in [7, 11) is 3.71. The van der Waals surface area contributed by atoms with Crippen molar-refractivity contribution in [2.75, 3.05) is 53.4 Å². The van der Waals surface area contributed by atoms with Crippen molar-refractivity contribution in [3.8, 4) is 0 Å². The molecule has 2 N–H and O–H groups in total. The minimum atomic E-state index is -0.314. The molecule has 1 saturated heterocycles. The molecule has 7 heteroatoms. The van der Waals surface area contributed by atoms with Gasteiger partial charge in [0.1, 0.15) is 0 Å². The van der Waals surface area contributed by atoms with E-state index in [1.807, 2.05) is 14.1 Å². The first kappa shape index (κ1) is 23.9. The number of likely N-dealkylation sites (tertiary alicyclic amines) is 1. The lowest BCUT2D eigenvalue weighted by Crippen LogP contribution is -2.49. The average Bonchev–Trinajstić information content (AvgIpc) is 3.17. The second-order valence-corrected chi connectivity index (χ2v) is 9.06. The largest absolute Gasteiger partial charge is 0.377 e. The van der Waals surface area contributed by atoms with Crippen LogP contribution in [0.25, 0.3) is 0 Å². The number of nitrogens with zero attached hydrogens (tertiary/aromatic N) is 3. The molecule has 1 heterocycles. The molecule has 1 aliphatic heterocycles. The molecule has 168 valence electrons. The van der Waals surface area contributed by atoms with Crippen molar-refractivity contribution in [2.24, 2.45) is 10.4 Å². The maximum atomic E-state index is 12.8. The molecule has 2 rings (SSSR count). The molecule has 0 bridgehead atoms. The summed E-state index contributed by atoms with van der Waals surface area (Å²) in [6, 6.07) is 0.430. The van der Waals surface area contributed by atoms with Gasteiger partial charge in [-0.3, -0.25) is 9.79 Å². The van der Waals surface area contributed by atoms with Crippen LogP contribution in [0, 0.1) is 5.41 Å². The second kappa shape index (κ2) is 11.7. The number of carbonyl (C=O) groups is 1. The van der Waals surface area contributed by atoms with E-state index < -0.39 is 0 Å². The molecule has 0 radical (unpaired) electrons.